The first-order valence-corrected chi connectivity index (χ1v) is 14.7. The molecule has 5 rings (SSSR count). The molecule has 1 amide bonds. The molecule has 1 N–H and O–H groups in total. The first-order chi connectivity index (χ1) is 18.7. The lowest BCUT2D eigenvalue weighted by Gasteiger charge is -2.26. The van der Waals surface area contributed by atoms with E-state index in [0.717, 1.165) is 41.6 Å². The lowest BCUT2D eigenvalue weighted by molar-refractivity contribution is -0.119. The highest BCUT2D eigenvalue weighted by molar-refractivity contribution is 7.89. The van der Waals surface area contributed by atoms with Gasteiger partial charge in [0.1, 0.15) is 11.7 Å². The summed E-state index contributed by atoms with van der Waals surface area (Å²) in [5, 5.41) is 8.43. The summed E-state index contributed by atoms with van der Waals surface area (Å²) < 4.78 is 30.7. The van der Waals surface area contributed by atoms with Gasteiger partial charge in [0.15, 0.2) is 0 Å². The number of hydrogen-bond acceptors (Lipinski definition) is 5. The van der Waals surface area contributed by atoms with E-state index in [9.17, 15) is 18.0 Å². The molecule has 1 unspecified atom stereocenters. The Labute approximate surface area is 228 Å². The van der Waals surface area contributed by atoms with Crippen LogP contribution in [0.4, 0.5) is 5.69 Å². The number of aromatic nitrogens is 3. The third-order valence-corrected chi connectivity index (χ3v) is 9.23. The molecular formula is C29H33N5O4S. The van der Waals surface area contributed by atoms with E-state index in [1.807, 2.05) is 51.1 Å². The minimum Gasteiger partial charge on any atom is -0.324 e. The fourth-order valence-corrected chi connectivity index (χ4v) is 6.87. The number of hydrogen-bond donors (Lipinski definition) is 1. The molecule has 0 bridgehead atoms. The summed E-state index contributed by atoms with van der Waals surface area (Å²) in [6.07, 6.45) is 3.13. The minimum atomic E-state index is -3.57. The van der Waals surface area contributed by atoms with Gasteiger partial charge in [-0.05, 0) is 75.1 Å². The Morgan fingerprint density at radius 2 is 1.67 bits per heavy atom. The molecule has 0 aliphatic carbocycles. The highest BCUT2D eigenvalue weighted by Gasteiger charge is 2.28. The predicted molar refractivity (Wildman–Crippen MR) is 152 cm³/mol. The molecule has 1 aliphatic rings. The van der Waals surface area contributed by atoms with Crippen molar-refractivity contribution in [3.05, 3.63) is 82.3 Å². The highest BCUT2D eigenvalue weighted by Crippen LogP contribution is 2.28. The van der Waals surface area contributed by atoms with Crippen molar-refractivity contribution in [2.45, 2.75) is 57.4 Å². The SMILES string of the molecule is CCC(C(=O)Nc1ccc(S(=O)(=O)N2CCCCC2)cc1)n1c(=O)cc(C)c2c(C)nn(-c3ccccc3)c21. The topological polar surface area (TPSA) is 106 Å². The maximum Gasteiger partial charge on any atom is 0.253 e. The number of sulfonamides is 1. The van der Waals surface area contributed by atoms with Crippen LogP contribution in [-0.2, 0) is 14.8 Å². The van der Waals surface area contributed by atoms with Crippen molar-refractivity contribution in [3.63, 3.8) is 0 Å². The molecule has 4 aromatic rings. The average molecular weight is 548 g/mol. The zero-order valence-electron chi connectivity index (χ0n) is 22.4. The number of rotatable bonds is 7. The van der Waals surface area contributed by atoms with E-state index in [4.69, 9.17) is 5.10 Å². The highest BCUT2D eigenvalue weighted by atomic mass is 32.2. The molecule has 1 saturated heterocycles. The predicted octanol–water partition coefficient (Wildman–Crippen LogP) is 4.57. The Kier molecular flexibility index (Phi) is 7.42. The first-order valence-electron chi connectivity index (χ1n) is 13.3. The van der Waals surface area contributed by atoms with Crippen LogP contribution in [0.25, 0.3) is 16.7 Å². The third kappa shape index (κ3) is 5.02. The number of fused-ring (bicyclic) bond motifs is 1. The summed E-state index contributed by atoms with van der Waals surface area (Å²) >= 11 is 0. The van der Waals surface area contributed by atoms with E-state index < -0.39 is 16.1 Å². The Morgan fingerprint density at radius 1 is 1.00 bits per heavy atom. The number of pyridine rings is 1. The lowest BCUT2D eigenvalue weighted by atomic mass is 10.1. The molecule has 0 saturated carbocycles. The molecule has 1 fully saturated rings. The molecule has 0 radical (unpaired) electrons. The fraction of sp³-hybridized carbons (Fsp3) is 0.345. The maximum atomic E-state index is 13.6. The number of amides is 1. The van der Waals surface area contributed by atoms with Crippen LogP contribution in [0.2, 0.25) is 0 Å². The van der Waals surface area contributed by atoms with Crippen molar-refractivity contribution in [3.8, 4) is 5.69 Å². The number of nitrogens with one attached hydrogen (secondary N) is 1. The van der Waals surface area contributed by atoms with E-state index in [1.165, 1.54) is 21.0 Å². The molecule has 2 aromatic carbocycles. The molecule has 10 heteroatoms. The standard InChI is InChI=1S/C29H33N5O4S/c1-4-25(28(36)30-22-13-15-24(16-14-22)39(37,38)32-17-9-6-10-18-32)33-26(35)19-20(2)27-21(3)31-34(29(27)33)23-11-7-5-8-12-23/h5,7-8,11-16,19,25H,4,6,9-10,17-18H2,1-3H3,(H,30,36). The van der Waals surface area contributed by atoms with Crippen LogP contribution in [0.15, 0.2) is 70.4 Å². The summed E-state index contributed by atoms with van der Waals surface area (Å²) in [4.78, 5) is 27.2. The second-order valence-corrected chi connectivity index (χ2v) is 11.9. The molecule has 1 atom stereocenters. The van der Waals surface area contributed by atoms with Crippen molar-refractivity contribution < 1.29 is 13.2 Å². The zero-order valence-corrected chi connectivity index (χ0v) is 23.2. The maximum absolute atomic E-state index is 13.6. The third-order valence-electron chi connectivity index (χ3n) is 7.31. The van der Waals surface area contributed by atoms with E-state index >= 15 is 0 Å². The summed E-state index contributed by atoms with van der Waals surface area (Å²) in [5.74, 6) is -0.366. The fourth-order valence-electron chi connectivity index (χ4n) is 5.36. The largest absolute Gasteiger partial charge is 0.324 e. The van der Waals surface area contributed by atoms with Gasteiger partial charge in [0, 0.05) is 30.2 Å². The number of nitrogens with zero attached hydrogens (tertiary/aromatic N) is 4. The van der Waals surface area contributed by atoms with Crippen LogP contribution in [0, 0.1) is 13.8 Å². The van der Waals surface area contributed by atoms with E-state index in [-0.39, 0.29) is 16.4 Å². The van der Waals surface area contributed by atoms with Crippen LogP contribution in [0.5, 0.6) is 0 Å². The summed E-state index contributed by atoms with van der Waals surface area (Å²) in [7, 11) is -3.57. The van der Waals surface area contributed by atoms with Crippen molar-refractivity contribution in [1.82, 2.24) is 18.7 Å². The van der Waals surface area contributed by atoms with E-state index in [0.29, 0.717) is 30.8 Å². The Balaban J connectivity index is 1.49. The molecule has 3 heterocycles. The van der Waals surface area contributed by atoms with Gasteiger partial charge in [-0.25, -0.2) is 13.1 Å². The molecule has 9 nitrogen and oxygen atoms in total. The lowest BCUT2D eigenvalue weighted by Crippen LogP contribution is -2.35. The van der Waals surface area contributed by atoms with E-state index in [1.54, 1.807) is 22.9 Å². The van der Waals surface area contributed by atoms with Crippen LogP contribution in [0.1, 0.15) is 49.9 Å². The summed E-state index contributed by atoms with van der Waals surface area (Å²) in [5.41, 5.74) is 3.08. The smallest absolute Gasteiger partial charge is 0.253 e. The summed E-state index contributed by atoms with van der Waals surface area (Å²) in [6, 6.07) is 16.5. The minimum absolute atomic E-state index is 0.202. The van der Waals surface area contributed by atoms with Gasteiger partial charge in [-0.3, -0.25) is 14.2 Å². The number of para-hydroxylation sites is 1. The van der Waals surface area contributed by atoms with Gasteiger partial charge in [0.2, 0.25) is 15.9 Å². The average Bonchev–Trinajstić information content (AvgIpc) is 3.29. The Bertz CT molecular complexity index is 1670. The summed E-state index contributed by atoms with van der Waals surface area (Å²) in [6.45, 7) is 6.67. The van der Waals surface area contributed by atoms with Crippen LogP contribution < -0.4 is 10.9 Å². The Morgan fingerprint density at radius 3 is 2.31 bits per heavy atom. The zero-order chi connectivity index (χ0) is 27.7. The number of anilines is 1. The number of carbonyl (C=O) groups excluding carboxylic acids is 1. The molecular weight excluding hydrogens is 514 g/mol. The van der Waals surface area contributed by atoms with Crippen LogP contribution in [-0.4, -0.2) is 46.1 Å². The molecule has 204 valence electrons. The van der Waals surface area contributed by atoms with E-state index in [2.05, 4.69) is 5.32 Å². The first kappa shape index (κ1) is 26.8. The monoisotopic (exact) mass is 547 g/mol. The van der Waals surface area contributed by atoms with Gasteiger partial charge in [0.25, 0.3) is 5.56 Å². The van der Waals surface area contributed by atoms with Gasteiger partial charge in [0.05, 0.1) is 16.3 Å². The normalized spacial score (nSPS) is 15.4. The second-order valence-electron chi connectivity index (χ2n) is 9.97. The van der Waals surface area contributed by atoms with Gasteiger partial charge in [-0.15, -0.1) is 0 Å². The number of benzene rings is 2. The van der Waals surface area contributed by atoms with Crippen molar-refractivity contribution in [2.75, 3.05) is 18.4 Å². The molecule has 1 aliphatic heterocycles. The molecule has 39 heavy (non-hydrogen) atoms. The second kappa shape index (κ2) is 10.8. The van der Waals surface area contributed by atoms with Gasteiger partial charge >= 0.3 is 0 Å². The number of aryl methyl sites for hydroxylation is 2. The van der Waals surface area contributed by atoms with Gasteiger partial charge in [-0.2, -0.15) is 9.40 Å². The van der Waals surface area contributed by atoms with Crippen molar-refractivity contribution in [2.24, 2.45) is 0 Å². The number of piperidine rings is 1. The molecule has 2 aromatic heterocycles. The van der Waals surface area contributed by atoms with Crippen LogP contribution >= 0.6 is 0 Å². The number of carbonyl (C=O) groups is 1. The van der Waals surface area contributed by atoms with Crippen LogP contribution in [0.3, 0.4) is 0 Å². The quantitative estimate of drug-likeness (QED) is 0.365. The Hall–Kier alpha value is -3.76. The van der Waals surface area contributed by atoms with Gasteiger partial charge < -0.3 is 5.32 Å². The molecule has 0 spiro atoms. The van der Waals surface area contributed by atoms with Crippen molar-refractivity contribution >= 4 is 32.7 Å². The van der Waals surface area contributed by atoms with Crippen molar-refractivity contribution in [1.29, 1.82) is 0 Å². The van der Waals surface area contributed by atoms with Gasteiger partial charge in [-0.1, -0.05) is 31.5 Å².